The number of aldehydes is 1. The fraction of sp³-hybridized carbons (Fsp3) is 0.136. The zero-order valence-corrected chi connectivity index (χ0v) is 15.4. The molecule has 3 heteroatoms. The molecule has 1 unspecified atom stereocenters. The molecule has 0 aliphatic carbocycles. The van der Waals surface area contributed by atoms with Gasteiger partial charge in [-0.25, -0.2) is 0 Å². The molecule has 0 fully saturated rings. The van der Waals surface area contributed by atoms with Crippen molar-refractivity contribution in [3.63, 3.8) is 0 Å². The van der Waals surface area contributed by atoms with Gasteiger partial charge in [0, 0.05) is 16.2 Å². The smallest absolute Gasteiger partial charge is 0.150 e. The second-order valence-corrected chi connectivity index (χ2v) is 7.88. The normalized spacial score (nSPS) is 11.9. The molecule has 25 heavy (non-hydrogen) atoms. The molecule has 126 valence electrons. The summed E-state index contributed by atoms with van der Waals surface area (Å²) in [4.78, 5) is 11.3. The van der Waals surface area contributed by atoms with Crippen molar-refractivity contribution in [2.45, 2.75) is 20.5 Å². The molecule has 0 radical (unpaired) electrons. The zero-order valence-electron chi connectivity index (χ0n) is 14.5. The standard InChI is InChI=1S/C22H21O2P/c1-17-13-21(14-18(2)22(17)15-23)25(20-11-7-4-8-12-20)24-16-19-9-5-3-6-10-19/h3-15H,16H2,1-2H3. The highest BCUT2D eigenvalue weighted by molar-refractivity contribution is 7.68. The van der Waals surface area contributed by atoms with E-state index in [-0.39, 0.29) is 0 Å². The molecular weight excluding hydrogens is 327 g/mol. The maximum Gasteiger partial charge on any atom is 0.150 e. The molecule has 0 saturated carbocycles. The van der Waals surface area contributed by atoms with Gasteiger partial charge < -0.3 is 4.52 Å². The predicted octanol–water partition coefficient (Wildman–Crippen LogP) is 4.68. The van der Waals surface area contributed by atoms with E-state index < -0.39 is 8.15 Å². The van der Waals surface area contributed by atoms with E-state index in [4.69, 9.17) is 4.52 Å². The van der Waals surface area contributed by atoms with E-state index in [1.165, 1.54) is 5.30 Å². The topological polar surface area (TPSA) is 26.3 Å². The molecule has 3 rings (SSSR count). The van der Waals surface area contributed by atoms with Gasteiger partial charge >= 0.3 is 0 Å². The third-order valence-corrected chi connectivity index (χ3v) is 6.01. The molecule has 1 atom stereocenters. The molecule has 0 aliphatic rings. The predicted molar refractivity (Wildman–Crippen MR) is 105 cm³/mol. The summed E-state index contributed by atoms with van der Waals surface area (Å²) in [7, 11) is -0.940. The molecule has 0 spiro atoms. The van der Waals surface area contributed by atoms with Crippen LogP contribution >= 0.6 is 8.15 Å². The number of carbonyl (C=O) groups excluding carboxylic acids is 1. The number of hydrogen-bond donors (Lipinski definition) is 0. The van der Waals surface area contributed by atoms with E-state index in [0.29, 0.717) is 6.61 Å². The highest BCUT2D eigenvalue weighted by atomic mass is 31.1. The summed E-state index contributed by atoms with van der Waals surface area (Å²) in [5.74, 6) is 0. The number of rotatable bonds is 6. The lowest BCUT2D eigenvalue weighted by Crippen LogP contribution is -2.15. The van der Waals surface area contributed by atoms with Gasteiger partial charge in [0.2, 0.25) is 0 Å². The minimum Gasteiger partial charge on any atom is -0.345 e. The SMILES string of the molecule is Cc1cc(P(OCc2ccccc2)c2ccccc2)cc(C)c1C=O. The Morgan fingerprint density at radius 2 is 1.40 bits per heavy atom. The van der Waals surface area contributed by atoms with Crippen LogP contribution in [0.2, 0.25) is 0 Å². The van der Waals surface area contributed by atoms with Crippen molar-refractivity contribution < 1.29 is 9.32 Å². The van der Waals surface area contributed by atoms with E-state index in [2.05, 4.69) is 36.4 Å². The van der Waals surface area contributed by atoms with Gasteiger partial charge in [-0.15, -0.1) is 0 Å². The minimum absolute atomic E-state index is 0.564. The number of aryl methyl sites for hydroxylation is 2. The summed E-state index contributed by atoms with van der Waals surface area (Å²) in [6.45, 7) is 4.53. The maximum atomic E-state index is 11.3. The fourth-order valence-electron chi connectivity index (χ4n) is 2.83. The molecule has 0 saturated heterocycles. The first-order valence-electron chi connectivity index (χ1n) is 8.27. The summed E-state index contributed by atoms with van der Waals surface area (Å²) in [6.07, 6.45) is 0.935. The third kappa shape index (κ3) is 4.22. The number of hydrogen-bond acceptors (Lipinski definition) is 2. The molecule has 0 bridgehead atoms. The summed E-state index contributed by atoms with van der Waals surface area (Å²) in [5, 5.41) is 2.31. The third-order valence-electron chi connectivity index (χ3n) is 4.12. The lowest BCUT2D eigenvalue weighted by Gasteiger charge is -2.20. The molecule has 0 N–H and O–H groups in total. The molecule has 3 aromatic carbocycles. The van der Waals surface area contributed by atoms with Crippen LogP contribution in [0.1, 0.15) is 27.0 Å². The number of carbonyl (C=O) groups is 1. The lowest BCUT2D eigenvalue weighted by atomic mass is 10.0. The van der Waals surface area contributed by atoms with Crippen molar-refractivity contribution >= 4 is 25.0 Å². The molecular formula is C22H21O2P. The van der Waals surface area contributed by atoms with Gasteiger partial charge in [-0.3, -0.25) is 4.79 Å². The van der Waals surface area contributed by atoms with Crippen LogP contribution in [0, 0.1) is 13.8 Å². The first-order valence-corrected chi connectivity index (χ1v) is 9.53. The fourth-order valence-corrected chi connectivity index (χ4v) is 4.77. The largest absolute Gasteiger partial charge is 0.345 e. The van der Waals surface area contributed by atoms with Gasteiger partial charge in [-0.2, -0.15) is 0 Å². The van der Waals surface area contributed by atoms with Crippen molar-refractivity contribution in [3.05, 3.63) is 95.1 Å². The number of benzene rings is 3. The summed E-state index contributed by atoms with van der Waals surface area (Å²) in [6, 6.07) is 24.7. The average Bonchev–Trinajstić information content (AvgIpc) is 2.63. The Kier molecular flexibility index (Phi) is 5.75. The first-order chi connectivity index (χ1) is 12.2. The average molecular weight is 348 g/mol. The van der Waals surface area contributed by atoms with Crippen LogP contribution in [0.15, 0.2) is 72.8 Å². The molecule has 2 nitrogen and oxygen atoms in total. The van der Waals surface area contributed by atoms with E-state index in [0.717, 1.165) is 33.8 Å². The van der Waals surface area contributed by atoms with E-state index >= 15 is 0 Å². The second-order valence-electron chi connectivity index (χ2n) is 6.00. The Labute approximate surface area is 150 Å². The molecule has 0 heterocycles. The molecule has 3 aromatic rings. The van der Waals surface area contributed by atoms with Crippen LogP contribution in [0.25, 0.3) is 0 Å². The van der Waals surface area contributed by atoms with Gasteiger partial charge in [0.1, 0.15) is 0 Å². The Bertz CT molecular complexity index is 821. The summed E-state index contributed by atoms with van der Waals surface area (Å²) >= 11 is 0. The maximum absolute atomic E-state index is 11.3. The highest BCUT2D eigenvalue weighted by Crippen LogP contribution is 2.37. The summed E-state index contributed by atoms with van der Waals surface area (Å²) in [5.41, 5.74) is 3.92. The van der Waals surface area contributed by atoms with E-state index in [1.54, 1.807) is 0 Å². The minimum atomic E-state index is -0.940. The molecule has 0 aliphatic heterocycles. The van der Waals surface area contributed by atoms with E-state index in [9.17, 15) is 4.79 Å². The zero-order chi connectivity index (χ0) is 17.6. The first kappa shape index (κ1) is 17.5. The Hall–Kier alpha value is -2.28. The van der Waals surface area contributed by atoms with E-state index in [1.807, 2.05) is 50.2 Å². The lowest BCUT2D eigenvalue weighted by molar-refractivity contribution is 0.112. The van der Waals surface area contributed by atoms with Crippen LogP contribution in [-0.4, -0.2) is 6.29 Å². The van der Waals surface area contributed by atoms with Gasteiger partial charge in [0.15, 0.2) is 6.29 Å². The van der Waals surface area contributed by atoms with Gasteiger partial charge in [0.25, 0.3) is 0 Å². The quantitative estimate of drug-likeness (QED) is 0.478. The summed E-state index contributed by atoms with van der Waals surface area (Å²) < 4.78 is 6.36. The van der Waals surface area contributed by atoms with Crippen molar-refractivity contribution in [1.29, 1.82) is 0 Å². The van der Waals surface area contributed by atoms with Crippen LogP contribution in [0.5, 0.6) is 0 Å². The van der Waals surface area contributed by atoms with Gasteiger partial charge in [0.05, 0.1) is 14.8 Å². The monoisotopic (exact) mass is 348 g/mol. The highest BCUT2D eigenvalue weighted by Gasteiger charge is 2.17. The van der Waals surface area contributed by atoms with Gasteiger partial charge in [-0.05, 0) is 42.7 Å². The molecule has 0 amide bonds. The second kappa shape index (κ2) is 8.20. The van der Waals surface area contributed by atoms with Crippen molar-refractivity contribution in [2.75, 3.05) is 0 Å². The van der Waals surface area contributed by atoms with Crippen LogP contribution in [0.3, 0.4) is 0 Å². The van der Waals surface area contributed by atoms with Crippen LogP contribution in [0.4, 0.5) is 0 Å². The van der Waals surface area contributed by atoms with Gasteiger partial charge in [-0.1, -0.05) is 60.7 Å². The molecule has 0 aromatic heterocycles. The van der Waals surface area contributed by atoms with Crippen molar-refractivity contribution in [1.82, 2.24) is 0 Å². The van der Waals surface area contributed by atoms with Crippen molar-refractivity contribution in [3.8, 4) is 0 Å². The Morgan fingerprint density at radius 1 is 0.840 bits per heavy atom. The Morgan fingerprint density at radius 3 is 1.96 bits per heavy atom. The van der Waals surface area contributed by atoms with Crippen LogP contribution in [-0.2, 0) is 11.1 Å². The van der Waals surface area contributed by atoms with Crippen LogP contribution < -0.4 is 10.6 Å². The van der Waals surface area contributed by atoms with Crippen molar-refractivity contribution in [2.24, 2.45) is 0 Å². The Balaban J connectivity index is 1.95.